The summed E-state index contributed by atoms with van der Waals surface area (Å²) in [4.78, 5) is 0. The molecular weight excluding hydrogens is 355 g/mol. The van der Waals surface area contributed by atoms with Gasteiger partial charge in [0.2, 0.25) is 0 Å². The Bertz CT molecular complexity index is 301. The van der Waals surface area contributed by atoms with Gasteiger partial charge < -0.3 is 29.7 Å². The molecule has 4 aliphatic carbocycles. The Labute approximate surface area is 168 Å². The van der Waals surface area contributed by atoms with E-state index >= 15 is 0 Å². The fourth-order valence-corrected chi connectivity index (χ4v) is 6.61. The van der Waals surface area contributed by atoms with Crippen LogP contribution in [0.1, 0.15) is 83.5 Å². The van der Waals surface area contributed by atoms with Crippen LogP contribution in [0, 0.1) is 58.8 Å². The number of rotatable bonds is 2. The molecule has 4 rings (SSSR count). The first kappa shape index (κ1) is 26.1. The third kappa shape index (κ3) is 4.35. The maximum atomic E-state index is 1.62. The van der Waals surface area contributed by atoms with Gasteiger partial charge in [-0.05, 0) is 74.0 Å². The summed E-state index contributed by atoms with van der Waals surface area (Å²) in [6, 6.07) is 0. The summed E-state index contributed by atoms with van der Waals surface area (Å²) < 4.78 is 0. The van der Waals surface area contributed by atoms with E-state index in [1.54, 1.807) is 83.5 Å². The van der Waals surface area contributed by atoms with Crippen LogP contribution < -0.4 is 0 Å². The molecule has 0 aromatic heterocycles. The number of fused-ring (bicyclic) bond motifs is 1. The molecule has 4 aliphatic rings. The van der Waals surface area contributed by atoms with Gasteiger partial charge in [0, 0.05) is 0 Å². The van der Waals surface area contributed by atoms with E-state index in [9.17, 15) is 0 Å². The van der Waals surface area contributed by atoms with Gasteiger partial charge in [-0.2, -0.15) is 0 Å². The first-order valence-corrected chi connectivity index (χ1v) is 8.90. The second-order valence-electron chi connectivity index (χ2n) is 7.96. The molecule has 0 amide bonds. The third-order valence-corrected chi connectivity index (χ3v) is 7.52. The Balaban J connectivity index is 0. The Morgan fingerprint density at radius 3 is 1.70 bits per heavy atom. The van der Waals surface area contributed by atoms with Crippen LogP contribution in [0.15, 0.2) is 0 Å². The zero-order valence-corrected chi connectivity index (χ0v) is 19.0. The van der Waals surface area contributed by atoms with Crippen molar-refractivity contribution in [3.63, 3.8) is 0 Å². The monoisotopic (exact) mass is 396 g/mol. The van der Waals surface area contributed by atoms with Gasteiger partial charge in [0.1, 0.15) is 0 Å². The van der Waals surface area contributed by atoms with Crippen LogP contribution in [0.4, 0.5) is 0 Å². The van der Waals surface area contributed by atoms with Crippen molar-refractivity contribution in [2.75, 3.05) is 0 Å². The average Bonchev–Trinajstić information content (AvgIpc) is 2.98. The van der Waals surface area contributed by atoms with E-state index in [4.69, 9.17) is 0 Å². The van der Waals surface area contributed by atoms with E-state index in [2.05, 4.69) is 0 Å². The van der Waals surface area contributed by atoms with Crippen LogP contribution in [0.25, 0.3) is 0 Å². The molecular formula is C22H42Zr. The molecule has 1 heteroatoms. The van der Waals surface area contributed by atoms with Crippen LogP contribution >= 0.6 is 0 Å². The number of hydrogen-bond donors (Lipinski definition) is 0. The van der Waals surface area contributed by atoms with Gasteiger partial charge in [0.15, 0.2) is 0 Å². The summed E-state index contributed by atoms with van der Waals surface area (Å²) in [5.41, 5.74) is 0.868. The molecule has 23 heavy (non-hydrogen) atoms. The Morgan fingerprint density at radius 2 is 1.13 bits per heavy atom. The maximum absolute atomic E-state index is 1.62. The first-order valence-electron chi connectivity index (χ1n) is 8.90. The molecule has 0 aromatic carbocycles. The summed E-state index contributed by atoms with van der Waals surface area (Å²) in [5, 5.41) is 0. The molecule has 4 saturated carbocycles. The van der Waals surface area contributed by atoms with E-state index in [1.807, 2.05) is 0 Å². The molecule has 0 nitrogen and oxygen atoms in total. The van der Waals surface area contributed by atoms with Gasteiger partial charge in [-0.1, -0.05) is 38.5 Å². The smallest absolute Gasteiger partial charge is 0.358 e. The van der Waals surface area contributed by atoms with Crippen molar-refractivity contribution in [2.24, 2.45) is 29.1 Å². The van der Waals surface area contributed by atoms with Gasteiger partial charge in [0.05, 0.1) is 0 Å². The van der Waals surface area contributed by atoms with Crippen LogP contribution in [0.3, 0.4) is 0 Å². The van der Waals surface area contributed by atoms with Crippen molar-refractivity contribution in [2.45, 2.75) is 83.5 Å². The van der Waals surface area contributed by atoms with Crippen molar-refractivity contribution >= 4 is 0 Å². The summed E-state index contributed by atoms with van der Waals surface area (Å²) in [5.74, 6) is 4.64. The van der Waals surface area contributed by atoms with E-state index in [0.29, 0.717) is 0 Å². The summed E-state index contributed by atoms with van der Waals surface area (Å²) in [6.45, 7) is 0. The van der Waals surface area contributed by atoms with E-state index in [0.717, 1.165) is 17.3 Å². The van der Waals surface area contributed by atoms with E-state index in [1.165, 1.54) is 11.8 Å². The normalized spacial score (nSPS) is 34.2. The molecule has 4 fully saturated rings. The minimum Gasteiger partial charge on any atom is -0.358 e. The number of hydrogen-bond acceptors (Lipinski definition) is 0. The Hall–Kier alpha value is 0.883. The summed E-state index contributed by atoms with van der Waals surface area (Å²) in [7, 11) is 0. The van der Waals surface area contributed by atoms with E-state index in [-0.39, 0.29) is 55.9 Å². The SMILES string of the molecule is C1CCC2C(C1)CCC2C1(C2CCCC2)CCC1.[CH3-].[CH3-].[CH3-].[CH3-].[Zr+4]. The van der Waals surface area contributed by atoms with E-state index < -0.39 is 0 Å². The van der Waals surface area contributed by atoms with Crippen molar-refractivity contribution in [3.8, 4) is 0 Å². The molecule has 0 aromatic rings. The first-order chi connectivity index (χ1) is 8.90. The van der Waals surface area contributed by atoms with Crippen molar-refractivity contribution in [3.05, 3.63) is 29.7 Å². The van der Waals surface area contributed by atoms with Gasteiger partial charge in [-0.25, -0.2) is 0 Å². The van der Waals surface area contributed by atoms with Crippen LogP contribution in [-0.4, -0.2) is 0 Å². The third-order valence-electron chi connectivity index (χ3n) is 7.52. The standard InChI is InChI=1S/C18H30.4CH3.Zr/c1-4-9-16-14(6-1)10-11-17(16)18(12-5-13-18)15-7-2-3-8-15;;;;;/h14-17H,1-13H2;4*1H3;/q;4*-1;+4. The molecule has 3 atom stereocenters. The van der Waals surface area contributed by atoms with Crippen LogP contribution in [0.2, 0.25) is 0 Å². The molecule has 0 aliphatic heterocycles. The molecule has 0 heterocycles. The zero-order valence-electron chi connectivity index (χ0n) is 16.5. The molecule has 3 unspecified atom stereocenters. The van der Waals surface area contributed by atoms with Crippen LogP contribution in [-0.2, 0) is 26.2 Å². The largest absolute Gasteiger partial charge is 4.00 e. The molecule has 134 valence electrons. The zero-order chi connectivity index (χ0) is 12.0. The van der Waals surface area contributed by atoms with Crippen molar-refractivity contribution < 1.29 is 26.2 Å². The maximum Gasteiger partial charge on any atom is 4.00 e. The van der Waals surface area contributed by atoms with Gasteiger partial charge in [0.25, 0.3) is 0 Å². The fourth-order valence-electron chi connectivity index (χ4n) is 6.61. The van der Waals surface area contributed by atoms with Crippen LogP contribution in [0.5, 0.6) is 0 Å². The minimum absolute atomic E-state index is 0. The van der Waals surface area contributed by atoms with Gasteiger partial charge in [-0.15, -0.1) is 0 Å². The predicted molar refractivity (Wildman–Crippen MR) is 102 cm³/mol. The van der Waals surface area contributed by atoms with Gasteiger partial charge >= 0.3 is 26.2 Å². The average molecular weight is 398 g/mol. The molecule has 0 radical (unpaired) electrons. The molecule has 0 spiro atoms. The fraction of sp³-hybridized carbons (Fsp3) is 0.818. The Morgan fingerprint density at radius 1 is 0.565 bits per heavy atom. The summed E-state index contributed by atoms with van der Waals surface area (Å²) in [6.07, 6.45) is 20.6. The van der Waals surface area contributed by atoms with Crippen molar-refractivity contribution in [1.82, 2.24) is 0 Å². The molecule has 0 bridgehead atoms. The topological polar surface area (TPSA) is 0 Å². The molecule has 0 N–H and O–H groups in total. The Kier molecular flexibility index (Phi) is 12.2. The minimum atomic E-state index is 0. The second kappa shape index (κ2) is 10.8. The van der Waals surface area contributed by atoms with Crippen molar-refractivity contribution in [1.29, 1.82) is 0 Å². The second-order valence-corrected chi connectivity index (χ2v) is 7.96. The molecule has 0 saturated heterocycles. The predicted octanol–water partition coefficient (Wildman–Crippen LogP) is 7.36. The quantitative estimate of drug-likeness (QED) is 0.427. The summed E-state index contributed by atoms with van der Waals surface area (Å²) >= 11 is 0. The van der Waals surface area contributed by atoms with Gasteiger partial charge in [-0.3, -0.25) is 0 Å².